The first-order valence-corrected chi connectivity index (χ1v) is 10.6. The molecular formula is C24H19N5O7. The van der Waals surface area contributed by atoms with Gasteiger partial charge in [0.15, 0.2) is 0 Å². The zero-order valence-electron chi connectivity index (χ0n) is 18.9. The maximum absolute atomic E-state index is 13.4. The smallest absolute Gasteiger partial charge is 0.273 e. The average molecular weight is 489 g/mol. The van der Waals surface area contributed by atoms with Crippen molar-refractivity contribution in [2.45, 2.75) is 12.5 Å². The highest BCUT2D eigenvalue weighted by atomic mass is 16.6. The second-order valence-corrected chi connectivity index (χ2v) is 7.65. The van der Waals surface area contributed by atoms with E-state index in [1.807, 2.05) is 0 Å². The first kappa shape index (κ1) is 24.0. The Morgan fingerprint density at radius 2 is 1.86 bits per heavy atom. The molecule has 2 heterocycles. The van der Waals surface area contributed by atoms with E-state index < -0.39 is 41.0 Å². The summed E-state index contributed by atoms with van der Waals surface area (Å²) >= 11 is 0. The molecule has 0 radical (unpaired) electrons. The average Bonchev–Trinajstić information content (AvgIpc) is 3.20. The van der Waals surface area contributed by atoms with Gasteiger partial charge in [-0.05, 0) is 42.5 Å². The Morgan fingerprint density at radius 1 is 1.11 bits per heavy atom. The topological polar surface area (TPSA) is 152 Å². The van der Waals surface area contributed by atoms with Gasteiger partial charge in [0.25, 0.3) is 23.4 Å². The van der Waals surface area contributed by atoms with Crippen molar-refractivity contribution >= 4 is 35.0 Å². The summed E-state index contributed by atoms with van der Waals surface area (Å²) in [6.07, 6.45) is 2.30. The highest BCUT2D eigenvalue weighted by molar-refractivity contribution is 6.23. The number of benzene rings is 2. The van der Waals surface area contributed by atoms with E-state index in [4.69, 9.17) is 4.74 Å². The van der Waals surface area contributed by atoms with Crippen LogP contribution in [0.2, 0.25) is 0 Å². The van der Waals surface area contributed by atoms with Crippen LogP contribution < -0.4 is 15.1 Å². The molecule has 1 aliphatic rings. The van der Waals surface area contributed by atoms with Crippen LogP contribution in [0.1, 0.15) is 27.1 Å². The lowest BCUT2D eigenvalue weighted by Gasteiger charge is -2.28. The van der Waals surface area contributed by atoms with Crippen LogP contribution in [0, 0.1) is 10.1 Å². The normalized spacial score (nSPS) is 14.9. The van der Waals surface area contributed by atoms with Gasteiger partial charge in [-0.25, -0.2) is 9.91 Å². The molecule has 1 saturated heterocycles. The molecular weight excluding hydrogens is 470 g/mol. The van der Waals surface area contributed by atoms with Gasteiger partial charge < -0.3 is 4.74 Å². The van der Waals surface area contributed by atoms with Crippen LogP contribution in [0.15, 0.2) is 73.1 Å². The van der Waals surface area contributed by atoms with Gasteiger partial charge in [-0.1, -0.05) is 6.07 Å². The number of nitro groups is 1. The third kappa shape index (κ3) is 4.73. The van der Waals surface area contributed by atoms with E-state index in [2.05, 4.69) is 10.4 Å². The van der Waals surface area contributed by atoms with E-state index in [-0.39, 0.29) is 22.5 Å². The standard InChI is InChI=1S/C24H19N5O7/c1-36-19-9-7-15(8-10-19)23(32)28(26-22(31)16-4-3-11-25-14-16)20-13-21(30)27(24(20)33)17-5-2-6-18(12-17)29(34)35/h2-12,14,20H,13H2,1H3,(H,26,31). The number of rotatable bonds is 6. The van der Waals surface area contributed by atoms with Crippen molar-refractivity contribution in [1.82, 2.24) is 15.4 Å². The van der Waals surface area contributed by atoms with Gasteiger partial charge in [-0.15, -0.1) is 0 Å². The van der Waals surface area contributed by atoms with Gasteiger partial charge in [0.1, 0.15) is 11.8 Å². The van der Waals surface area contributed by atoms with E-state index in [0.717, 1.165) is 16.0 Å². The van der Waals surface area contributed by atoms with E-state index in [1.54, 1.807) is 0 Å². The number of nitro benzene ring substituents is 1. The van der Waals surface area contributed by atoms with Gasteiger partial charge in [-0.3, -0.25) is 39.7 Å². The zero-order valence-corrected chi connectivity index (χ0v) is 18.9. The highest BCUT2D eigenvalue weighted by Crippen LogP contribution is 2.29. The fourth-order valence-electron chi connectivity index (χ4n) is 3.65. The van der Waals surface area contributed by atoms with Crippen molar-refractivity contribution in [2.24, 2.45) is 0 Å². The Balaban J connectivity index is 1.68. The number of hydrogen-bond donors (Lipinski definition) is 1. The summed E-state index contributed by atoms with van der Waals surface area (Å²) in [4.78, 5) is 67.6. The van der Waals surface area contributed by atoms with Crippen LogP contribution in [-0.2, 0) is 9.59 Å². The minimum atomic E-state index is -1.40. The number of methoxy groups -OCH3 is 1. The minimum Gasteiger partial charge on any atom is -0.497 e. The van der Waals surface area contributed by atoms with Crippen molar-refractivity contribution in [3.63, 3.8) is 0 Å². The molecule has 4 amide bonds. The summed E-state index contributed by atoms with van der Waals surface area (Å²) in [7, 11) is 1.46. The predicted octanol–water partition coefficient (Wildman–Crippen LogP) is 2.12. The van der Waals surface area contributed by atoms with Crippen molar-refractivity contribution in [3.8, 4) is 5.75 Å². The third-order valence-corrected chi connectivity index (χ3v) is 5.43. The molecule has 1 aliphatic heterocycles. The molecule has 36 heavy (non-hydrogen) atoms. The van der Waals surface area contributed by atoms with Gasteiger partial charge in [0.05, 0.1) is 29.7 Å². The SMILES string of the molecule is COc1ccc(C(=O)N(NC(=O)c2cccnc2)C2CC(=O)N(c3cccc([N+](=O)[O-])c3)C2=O)cc1. The molecule has 0 spiro atoms. The summed E-state index contributed by atoms with van der Waals surface area (Å²) in [6, 6.07) is 12.6. The maximum atomic E-state index is 13.4. The number of hydrogen-bond acceptors (Lipinski definition) is 8. The zero-order chi connectivity index (χ0) is 25.8. The highest BCUT2D eigenvalue weighted by Gasteiger charge is 2.45. The number of nitrogens with zero attached hydrogens (tertiary/aromatic N) is 4. The summed E-state index contributed by atoms with van der Waals surface area (Å²) < 4.78 is 5.10. The number of hydrazine groups is 1. The number of carbonyl (C=O) groups is 4. The van der Waals surface area contributed by atoms with Crippen LogP contribution in [0.4, 0.5) is 11.4 Å². The molecule has 0 saturated carbocycles. The molecule has 182 valence electrons. The quantitative estimate of drug-likeness (QED) is 0.314. The van der Waals surface area contributed by atoms with Gasteiger partial charge in [-0.2, -0.15) is 0 Å². The number of ether oxygens (including phenoxy) is 1. The molecule has 1 atom stereocenters. The number of pyridine rings is 1. The second kappa shape index (κ2) is 10.0. The second-order valence-electron chi connectivity index (χ2n) is 7.65. The Kier molecular flexibility index (Phi) is 6.68. The molecule has 3 aromatic rings. The minimum absolute atomic E-state index is 0.0165. The lowest BCUT2D eigenvalue weighted by molar-refractivity contribution is -0.384. The Morgan fingerprint density at radius 3 is 2.50 bits per heavy atom. The van der Waals surface area contributed by atoms with Crippen LogP contribution in [0.5, 0.6) is 5.75 Å². The number of anilines is 1. The molecule has 0 bridgehead atoms. The largest absolute Gasteiger partial charge is 0.497 e. The summed E-state index contributed by atoms with van der Waals surface area (Å²) in [6.45, 7) is 0. The molecule has 1 fully saturated rings. The molecule has 2 aromatic carbocycles. The Bertz CT molecular complexity index is 1340. The first-order valence-electron chi connectivity index (χ1n) is 10.6. The van der Waals surface area contributed by atoms with Crippen molar-refractivity contribution in [3.05, 3.63) is 94.3 Å². The molecule has 1 N–H and O–H groups in total. The first-order chi connectivity index (χ1) is 17.3. The van der Waals surface area contributed by atoms with Crippen molar-refractivity contribution < 1.29 is 28.8 Å². The predicted molar refractivity (Wildman–Crippen MR) is 125 cm³/mol. The van der Waals surface area contributed by atoms with Crippen LogP contribution in [0.25, 0.3) is 0 Å². The van der Waals surface area contributed by atoms with Gasteiger partial charge in [0, 0.05) is 30.1 Å². The van der Waals surface area contributed by atoms with Crippen molar-refractivity contribution in [1.29, 1.82) is 0 Å². The monoisotopic (exact) mass is 489 g/mol. The fourth-order valence-corrected chi connectivity index (χ4v) is 3.65. The molecule has 1 aromatic heterocycles. The Hall–Kier alpha value is -5.13. The fraction of sp³-hybridized carbons (Fsp3) is 0.125. The van der Waals surface area contributed by atoms with Crippen molar-refractivity contribution in [2.75, 3.05) is 12.0 Å². The van der Waals surface area contributed by atoms with E-state index in [0.29, 0.717) is 5.75 Å². The molecule has 12 nitrogen and oxygen atoms in total. The number of amides is 4. The molecule has 4 rings (SSSR count). The number of carbonyl (C=O) groups excluding carboxylic acids is 4. The van der Waals surface area contributed by atoms with Gasteiger partial charge >= 0.3 is 0 Å². The van der Waals surface area contributed by atoms with Crippen LogP contribution >= 0.6 is 0 Å². The Labute approximate surface area is 204 Å². The summed E-state index contributed by atoms with van der Waals surface area (Å²) in [5, 5.41) is 12.0. The lowest BCUT2D eigenvalue weighted by Crippen LogP contribution is -2.54. The lowest BCUT2D eigenvalue weighted by atomic mass is 10.1. The number of non-ortho nitro benzene ring substituents is 1. The number of imide groups is 1. The summed E-state index contributed by atoms with van der Waals surface area (Å²) in [5.74, 6) is -2.50. The van der Waals surface area contributed by atoms with E-state index in [9.17, 15) is 29.3 Å². The molecule has 12 heteroatoms. The van der Waals surface area contributed by atoms with Gasteiger partial charge in [0.2, 0.25) is 5.91 Å². The maximum Gasteiger partial charge on any atom is 0.273 e. The van der Waals surface area contributed by atoms with Crippen LogP contribution in [-0.4, -0.2) is 51.7 Å². The van der Waals surface area contributed by atoms with E-state index >= 15 is 0 Å². The van der Waals surface area contributed by atoms with E-state index in [1.165, 1.54) is 74.1 Å². The molecule has 1 unspecified atom stereocenters. The number of aromatic nitrogens is 1. The molecule has 0 aliphatic carbocycles. The van der Waals surface area contributed by atoms with Crippen LogP contribution in [0.3, 0.4) is 0 Å². The third-order valence-electron chi connectivity index (χ3n) is 5.43. The number of nitrogens with one attached hydrogen (secondary N) is 1. The summed E-state index contributed by atoms with van der Waals surface area (Å²) in [5.41, 5.74) is 2.34.